The summed E-state index contributed by atoms with van der Waals surface area (Å²) in [6.07, 6.45) is -0.114. The molecule has 0 bridgehead atoms. The van der Waals surface area contributed by atoms with E-state index in [2.05, 4.69) is 5.32 Å². The number of ether oxygens (including phenoxy) is 2. The van der Waals surface area contributed by atoms with Crippen molar-refractivity contribution in [1.82, 2.24) is 5.32 Å². The molecule has 0 saturated heterocycles. The molecule has 6 heteroatoms. The van der Waals surface area contributed by atoms with E-state index in [1.807, 2.05) is 26.8 Å². The Morgan fingerprint density at radius 1 is 1.35 bits per heavy atom. The Morgan fingerprint density at radius 3 is 2.60 bits per heavy atom. The number of benzene rings is 1. The predicted octanol–water partition coefficient (Wildman–Crippen LogP) is 2.51. The van der Waals surface area contributed by atoms with Crippen molar-refractivity contribution >= 4 is 5.69 Å². The van der Waals surface area contributed by atoms with E-state index in [0.717, 1.165) is 5.56 Å². The van der Waals surface area contributed by atoms with Crippen molar-refractivity contribution in [3.63, 3.8) is 0 Å². The molecule has 1 aromatic carbocycles. The van der Waals surface area contributed by atoms with Crippen LogP contribution in [0.25, 0.3) is 0 Å². The topological polar surface area (TPSA) is 73.6 Å². The molecule has 0 heterocycles. The van der Waals surface area contributed by atoms with Gasteiger partial charge in [-0.2, -0.15) is 0 Å². The van der Waals surface area contributed by atoms with Crippen molar-refractivity contribution in [3.05, 3.63) is 33.9 Å². The van der Waals surface area contributed by atoms with E-state index < -0.39 is 4.92 Å². The molecule has 0 spiro atoms. The molecule has 1 rings (SSSR count). The van der Waals surface area contributed by atoms with Gasteiger partial charge in [0.15, 0.2) is 5.75 Å². The van der Waals surface area contributed by atoms with Crippen LogP contribution < -0.4 is 10.1 Å². The van der Waals surface area contributed by atoms with Gasteiger partial charge in [-0.3, -0.25) is 10.1 Å². The molecule has 0 radical (unpaired) electrons. The van der Waals surface area contributed by atoms with Crippen LogP contribution in [0.5, 0.6) is 5.75 Å². The summed E-state index contributed by atoms with van der Waals surface area (Å²) < 4.78 is 10.5. The van der Waals surface area contributed by atoms with Crippen molar-refractivity contribution < 1.29 is 14.4 Å². The van der Waals surface area contributed by atoms with E-state index in [4.69, 9.17) is 9.47 Å². The Kier molecular flexibility index (Phi) is 6.41. The molecular weight excluding hydrogens is 260 g/mol. The third kappa shape index (κ3) is 5.14. The Morgan fingerprint density at radius 2 is 2.05 bits per heavy atom. The van der Waals surface area contributed by atoms with Gasteiger partial charge in [-0.25, -0.2) is 0 Å². The minimum absolute atomic E-state index is 0.0173. The smallest absolute Gasteiger partial charge is 0.311 e. The number of hydrogen-bond donors (Lipinski definition) is 1. The molecule has 1 aromatic rings. The van der Waals surface area contributed by atoms with Crippen molar-refractivity contribution in [2.75, 3.05) is 13.7 Å². The molecule has 6 nitrogen and oxygen atoms in total. The number of methoxy groups -OCH3 is 1. The zero-order chi connectivity index (χ0) is 15.1. The summed E-state index contributed by atoms with van der Waals surface area (Å²) in [7, 11) is 1.57. The van der Waals surface area contributed by atoms with E-state index in [9.17, 15) is 10.1 Å². The van der Waals surface area contributed by atoms with Crippen molar-refractivity contribution in [2.45, 2.75) is 39.5 Å². The van der Waals surface area contributed by atoms with Gasteiger partial charge in [0.05, 0.1) is 11.0 Å². The van der Waals surface area contributed by atoms with Gasteiger partial charge in [0.1, 0.15) is 6.61 Å². The molecule has 0 aliphatic rings. The number of nitro benzene ring substituents is 1. The van der Waals surface area contributed by atoms with Gasteiger partial charge in [0.2, 0.25) is 0 Å². The molecule has 0 amide bonds. The molecule has 0 aliphatic heterocycles. The second-order valence-corrected chi connectivity index (χ2v) is 4.95. The lowest BCUT2D eigenvalue weighted by Gasteiger charge is -2.13. The average molecular weight is 282 g/mol. The highest BCUT2D eigenvalue weighted by atomic mass is 16.6. The number of hydrogen-bond acceptors (Lipinski definition) is 5. The highest BCUT2D eigenvalue weighted by Gasteiger charge is 2.17. The lowest BCUT2D eigenvalue weighted by atomic mass is 10.1. The van der Waals surface area contributed by atoms with Crippen LogP contribution in [0.15, 0.2) is 18.2 Å². The van der Waals surface area contributed by atoms with Gasteiger partial charge < -0.3 is 14.8 Å². The van der Waals surface area contributed by atoms with Crippen molar-refractivity contribution in [1.29, 1.82) is 0 Å². The summed E-state index contributed by atoms with van der Waals surface area (Å²) in [4.78, 5) is 10.7. The van der Waals surface area contributed by atoms with E-state index >= 15 is 0 Å². The maximum absolute atomic E-state index is 11.1. The normalized spacial score (nSPS) is 12.4. The Bertz CT molecular complexity index is 449. The fourth-order valence-corrected chi connectivity index (χ4v) is 1.53. The SMILES string of the molecule is COC(C)COc1ccc(CNC(C)C)cc1[N+](=O)[O-]. The van der Waals surface area contributed by atoms with Gasteiger partial charge in [0.25, 0.3) is 0 Å². The van der Waals surface area contributed by atoms with Gasteiger partial charge in [0, 0.05) is 25.8 Å². The first-order chi connectivity index (χ1) is 9.43. The van der Waals surface area contributed by atoms with Gasteiger partial charge >= 0.3 is 5.69 Å². The fraction of sp³-hybridized carbons (Fsp3) is 0.571. The van der Waals surface area contributed by atoms with Crippen LogP contribution in [0, 0.1) is 10.1 Å². The van der Waals surface area contributed by atoms with Crippen LogP contribution in [-0.4, -0.2) is 30.8 Å². The molecule has 1 atom stereocenters. The summed E-state index contributed by atoms with van der Waals surface area (Å²) in [5.74, 6) is 0.271. The van der Waals surface area contributed by atoms with Crippen LogP contribution in [0.1, 0.15) is 26.3 Å². The molecular formula is C14H22N2O4. The molecule has 20 heavy (non-hydrogen) atoms. The number of nitro groups is 1. The van der Waals surface area contributed by atoms with Crippen LogP contribution in [0.4, 0.5) is 5.69 Å². The summed E-state index contributed by atoms with van der Waals surface area (Å²) >= 11 is 0. The summed E-state index contributed by atoms with van der Waals surface area (Å²) in [6, 6.07) is 5.34. The highest BCUT2D eigenvalue weighted by molar-refractivity contribution is 5.48. The first kappa shape index (κ1) is 16.4. The zero-order valence-electron chi connectivity index (χ0n) is 12.4. The standard InChI is InChI=1S/C14H22N2O4/c1-10(2)15-8-12-5-6-14(13(7-12)16(17)18)20-9-11(3)19-4/h5-7,10-11,15H,8-9H2,1-4H3. The minimum atomic E-state index is -0.425. The van der Waals surface area contributed by atoms with E-state index in [0.29, 0.717) is 12.6 Å². The Labute approximate surface area is 119 Å². The van der Waals surface area contributed by atoms with Crippen LogP contribution >= 0.6 is 0 Å². The third-order valence-corrected chi connectivity index (χ3v) is 2.81. The van der Waals surface area contributed by atoms with Crippen molar-refractivity contribution in [2.24, 2.45) is 0 Å². The van der Waals surface area contributed by atoms with Crippen LogP contribution in [0.3, 0.4) is 0 Å². The zero-order valence-corrected chi connectivity index (χ0v) is 12.4. The second kappa shape index (κ2) is 7.81. The Hall–Kier alpha value is -1.66. The summed E-state index contributed by atoms with van der Waals surface area (Å²) in [6.45, 7) is 6.76. The molecule has 1 unspecified atom stereocenters. The number of nitrogens with zero attached hydrogens (tertiary/aromatic N) is 1. The fourth-order valence-electron chi connectivity index (χ4n) is 1.53. The number of nitrogens with one attached hydrogen (secondary N) is 1. The van der Waals surface area contributed by atoms with E-state index in [1.54, 1.807) is 19.2 Å². The minimum Gasteiger partial charge on any atom is -0.484 e. The highest BCUT2D eigenvalue weighted by Crippen LogP contribution is 2.28. The van der Waals surface area contributed by atoms with Crippen LogP contribution in [0.2, 0.25) is 0 Å². The first-order valence-corrected chi connectivity index (χ1v) is 6.60. The maximum atomic E-state index is 11.1. The quantitative estimate of drug-likeness (QED) is 0.586. The Balaban J connectivity index is 2.82. The van der Waals surface area contributed by atoms with Crippen LogP contribution in [-0.2, 0) is 11.3 Å². The molecule has 112 valence electrons. The molecule has 0 aliphatic carbocycles. The van der Waals surface area contributed by atoms with E-state index in [1.165, 1.54) is 0 Å². The number of rotatable bonds is 8. The average Bonchev–Trinajstić information content (AvgIpc) is 2.42. The lowest BCUT2D eigenvalue weighted by molar-refractivity contribution is -0.386. The maximum Gasteiger partial charge on any atom is 0.311 e. The predicted molar refractivity (Wildman–Crippen MR) is 77.0 cm³/mol. The van der Waals surface area contributed by atoms with Crippen molar-refractivity contribution in [3.8, 4) is 5.75 Å². The van der Waals surface area contributed by atoms with E-state index in [-0.39, 0.29) is 24.1 Å². The largest absolute Gasteiger partial charge is 0.484 e. The molecule has 0 fully saturated rings. The third-order valence-electron chi connectivity index (χ3n) is 2.81. The summed E-state index contributed by atoms with van der Waals surface area (Å²) in [5, 5.41) is 14.3. The molecule has 0 saturated carbocycles. The lowest BCUT2D eigenvalue weighted by Crippen LogP contribution is -2.22. The first-order valence-electron chi connectivity index (χ1n) is 6.60. The van der Waals surface area contributed by atoms with Gasteiger partial charge in [-0.05, 0) is 18.6 Å². The summed E-state index contributed by atoms with van der Waals surface area (Å²) in [5.41, 5.74) is 0.842. The monoisotopic (exact) mass is 282 g/mol. The molecule has 0 aromatic heterocycles. The second-order valence-electron chi connectivity index (χ2n) is 4.95. The van der Waals surface area contributed by atoms with Gasteiger partial charge in [-0.1, -0.05) is 19.9 Å². The van der Waals surface area contributed by atoms with Gasteiger partial charge in [-0.15, -0.1) is 0 Å². The molecule has 1 N–H and O–H groups in total.